The van der Waals surface area contributed by atoms with Crippen molar-refractivity contribution in [1.29, 1.82) is 0 Å². The SMILES string of the molecule is CN1C[C@H]2CNC(=O)c3cc(C4=CCCCC4)ccc3[C@@H]2C1. The number of carbonyl (C=O) groups is 1. The number of likely N-dealkylation sites (N-methyl/N-ethyl adjacent to an activating group) is 1. The van der Waals surface area contributed by atoms with Gasteiger partial charge in [-0.3, -0.25) is 4.79 Å². The minimum atomic E-state index is 0.116. The zero-order valence-electron chi connectivity index (χ0n) is 13.3. The van der Waals surface area contributed by atoms with Crippen LogP contribution in [0.25, 0.3) is 5.57 Å². The number of amides is 1. The summed E-state index contributed by atoms with van der Waals surface area (Å²) in [7, 11) is 2.18. The fourth-order valence-electron chi connectivity index (χ4n) is 4.34. The second-order valence-corrected chi connectivity index (χ2v) is 7.07. The van der Waals surface area contributed by atoms with E-state index in [1.165, 1.54) is 36.0 Å². The van der Waals surface area contributed by atoms with E-state index in [1.54, 1.807) is 0 Å². The summed E-state index contributed by atoms with van der Waals surface area (Å²) in [6.07, 6.45) is 7.24. The van der Waals surface area contributed by atoms with E-state index in [1.807, 2.05) is 0 Å². The van der Waals surface area contributed by atoms with Crippen LogP contribution >= 0.6 is 0 Å². The summed E-state index contributed by atoms with van der Waals surface area (Å²) in [6, 6.07) is 6.61. The Kier molecular flexibility index (Phi) is 3.53. The van der Waals surface area contributed by atoms with E-state index in [0.29, 0.717) is 11.8 Å². The molecule has 3 heteroatoms. The molecular formula is C19H24N2O. The molecule has 1 N–H and O–H groups in total. The Hall–Kier alpha value is -1.61. The molecular weight excluding hydrogens is 272 g/mol. The maximum Gasteiger partial charge on any atom is 0.251 e. The van der Waals surface area contributed by atoms with Gasteiger partial charge in [0.2, 0.25) is 0 Å². The molecule has 2 aliphatic heterocycles. The van der Waals surface area contributed by atoms with Crippen molar-refractivity contribution in [1.82, 2.24) is 10.2 Å². The van der Waals surface area contributed by atoms with Gasteiger partial charge in [-0.15, -0.1) is 0 Å². The summed E-state index contributed by atoms with van der Waals surface area (Å²) in [6.45, 7) is 2.95. The first-order valence-electron chi connectivity index (χ1n) is 8.52. The molecule has 1 saturated heterocycles. The molecule has 1 aliphatic carbocycles. The smallest absolute Gasteiger partial charge is 0.251 e. The minimum absolute atomic E-state index is 0.116. The maximum absolute atomic E-state index is 12.5. The van der Waals surface area contributed by atoms with Crippen LogP contribution in [0.1, 0.15) is 53.1 Å². The molecule has 1 aromatic rings. The van der Waals surface area contributed by atoms with Crippen molar-refractivity contribution in [3.8, 4) is 0 Å². The first-order valence-corrected chi connectivity index (χ1v) is 8.52. The third kappa shape index (κ3) is 2.38. The summed E-state index contributed by atoms with van der Waals surface area (Å²) in [5, 5.41) is 3.14. The number of hydrogen-bond acceptors (Lipinski definition) is 2. The van der Waals surface area contributed by atoms with E-state index in [9.17, 15) is 4.79 Å². The number of likely N-dealkylation sites (tertiary alicyclic amines) is 1. The molecule has 3 nitrogen and oxygen atoms in total. The molecule has 3 aliphatic rings. The monoisotopic (exact) mass is 296 g/mol. The molecule has 0 spiro atoms. The topological polar surface area (TPSA) is 32.3 Å². The lowest BCUT2D eigenvalue weighted by Gasteiger charge is -2.18. The molecule has 116 valence electrons. The average molecular weight is 296 g/mol. The van der Waals surface area contributed by atoms with E-state index in [-0.39, 0.29) is 5.91 Å². The molecule has 2 heterocycles. The highest BCUT2D eigenvalue weighted by molar-refractivity contribution is 5.97. The first-order chi connectivity index (χ1) is 10.7. The Bertz CT molecular complexity index is 634. The second kappa shape index (κ2) is 5.54. The number of benzene rings is 1. The first kappa shape index (κ1) is 14.0. The van der Waals surface area contributed by atoms with Crippen molar-refractivity contribution in [3.63, 3.8) is 0 Å². The van der Waals surface area contributed by atoms with E-state index in [2.05, 4.69) is 41.5 Å². The van der Waals surface area contributed by atoms with Gasteiger partial charge in [0.25, 0.3) is 5.91 Å². The lowest BCUT2D eigenvalue weighted by Crippen LogP contribution is -2.29. The van der Waals surface area contributed by atoms with Crippen molar-refractivity contribution in [2.45, 2.75) is 31.6 Å². The summed E-state index contributed by atoms with van der Waals surface area (Å²) in [5.41, 5.74) is 4.83. The van der Waals surface area contributed by atoms with E-state index < -0.39 is 0 Å². The number of hydrogen-bond donors (Lipinski definition) is 1. The number of nitrogens with zero attached hydrogens (tertiary/aromatic N) is 1. The molecule has 0 saturated carbocycles. The number of rotatable bonds is 1. The lowest BCUT2D eigenvalue weighted by molar-refractivity contribution is 0.0951. The Morgan fingerprint density at radius 1 is 1.23 bits per heavy atom. The van der Waals surface area contributed by atoms with Gasteiger partial charge in [0.1, 0.15) is 0 Å². The third-order valence-electron chi connectivity index (χ3n) is 5.51. The Morgan fingerprint density at radius 2 is 2.14 bits per heavy atom. The molecule has 0 radical (unpaired) electrons. The van der Waals surface area contributed by atoms with Crippen molar-refractivity contribution < 1.29 is 4.79 Å². The second-order valence-electron chi connectivity index (χ2n) is 7.07. The van der Waals surface area contributed by atoms with Crippen LogP contribution in [-0.2, 0) is 0 Å². The molecule has 22 heavy (non-hydrogen) atoms. The predicted molar refractivity (Wildman–Crippen MR) is 88.9 cm³/mol. The Labute approximate surface area is 132 Å². The minimum Gasteiger partial charge on any atom is -0.352 e. The standard InChI is InChI=1S/C19H24N2O/c1-21-11-15-10-20-19(22)17-9-14(13-5-3-2-4-6-13)7-8-16(17)18(15)12-21/h5,7-9,15,18H,2-4,6,10-12H2,1H3,(H,20,22)/t15-,18-/m1/s1. The zero-order valence-corrected chi connectivity index (χ0v) is 13.3. The fourth-order valence-corrected chi connectivity index (χ4v) is 4.34. The van der Waals surface area contributed by atoms with Crippen LogP contribution in [0.5, 0.6) is 0 Å². The van der Waals surface area contributed by atoms with Gasteiger partial charge in [-0.05, 0) is 61.4 Å². The maximum atomic E-state index is 12.5. The van der Waals surface area contributed by atoms with E-state index >= 15 is 0 Å². The largest absolute Gasteiger partial charge is 0.352 e. The van der Waals surface area contributed by atoms with Crippen molar-refractivity contribution in [2.75, 3.05) is 26.7 Å². The van der Waals surface area contributed by atoms with Crippen LogP contribution in [0, 0.1) is 5.92 Å². The Morgan fingerprint density at radius 3 is 2.95 bits per heavy atom. The van der Waals surface area contributed by atoms with Crippen LogP contribution in [0.4, 0.5) is 0 Å². The van der Waals surface area contributed by atoms with Crippen molar-refractivity contribution in [2.24, 2.45) is 5.92 Å². The van der Waals surface area contributed by atoms with Crippen LogP contribution in [0.2, 0.25) is 0 Å². The van der Waals surface area contributed by atoms with Crippen molar-refractivity contribution >= 4 is 11.5 Å². The number of nitrogens with one attached hydrogen (secondary N) is 1. The molecule has 2 atom stereocenters. The molecule has 0 unspecified atom stereocenters. The van der Waals surface area contributed by atoms with Gasteiger partial charge >= 0.3 is 0 Å². The van der Waals surface area contributed by atoms with Crippen LogP contribution in [0.15, 0.2) is 24.3 Å². The van der Waals surface area contributed by atoms with Gasteiger partial charge in [-0.25, -0.2) is 0 Å². The lowest BCUT2D eigenvalue weighted by atomic mass is 9.85. The summed E-state index contributed by atoms with van der Waals surface area (Å²) >= 11 is 0. The average Bonchev–Trinajstić information content (AvgIpc) is 2.88. The van der Waals surface area contributed by atoms with Crippen LogP contribution < -0.4 is 5.32 Å². The summed E-state index contributed by atoms with van der Waals surface area (Å²) < 4.78 is 0. The number of allylic oxidation sites excluding steroid dienone is 2. The third-order valence-corrected chi connectivity index (χ3v) is 5.51. The molecule has 0 aromatic heterocycles. The van der Waals surface area contributed by atoms with Gasteiger partial charge in [0, 0.05) is 31.1 Å². The summed E-state index contributed by atoms with van der Waals surface area (Å²) in [5.74, 6) is 1.16. The van der Waals surface area contributed by atoms with Crippen LogP contribution in [-0.4, -0.2) is 37.5 Å². The zero-order chi connectivity index (χ0) is 15.1. The molecule has 1 amide bonds. The van der Waals surface area contributed by atoms with E-state index in [4.69, 9.17) is 0 Å². The Balaban J connectivity index is 1.75. The van der Waals surface area contributed by atoms with Gasteiger partial charge in [-0.1, -0.05) is 18.2 Å². The van der Waals surface area contributed by atoms with Gasteiger partial charge in [-0.2, -0.15) is 0 Å². The van der Waals surface area contributed by atoms with Crippen LogP contribution in [0.3, 0.4) is 0 Å². The molecule has 4 rings (SSSR count). The van der Waals surface area contributed by atoms with Gasteiger partial charge in [0.05, 0.1) is 0 Å². The fraction of sp³-hybridized carbons (Fsp3) is 0.526. The number of fused-ring (bicyclic) bond motifs is 3. The quantitative estimate of drug-likeness (QED) is 0.864. The van der Waals surface area contributed by atoms with Gasteiger partial charge in [0.15, 0.2) is 0 Å². The molecule has 1 fully saturated rings. The highest BCUT2D eigenvalue weighted by atomic mass is 16.1. The molecule has 1 aromatic carbocycles. The normalized spacial score (nSPS) is 28.4. The predicted octanol–water partition coefficient (Wildman–Crippen LogP) is 3.03. The van der Waals surface area contributed by atoms with E-state index in [0.717, 1.165) is 31.6 Å². The highest BCUT2D eigenvalue weighted by Crippen LogP contribution is 2.37. The van der Waals surface area contributed by atoms with Gasteiger partial charge < -0.3 is 10.2 Å². The highest BCUT2D eigenvalue weighted by Gasteiger charge is 2.36. The molecule has 0 bridgehead atoms. The van der Waals surface area contributed by atoms with Crippen molar-refractivity contribution in [3.05, 3.63) is 41.0 Å². The summed E-state index contributed by atoms with van der Waals surface area (Å²) in [4.78, 5) is 14.9. The number of carbonyl (C=O) groups excluding carboxylic acids is 1.